The number of nitrogens with zero attached hydrogens (tertiary/aromatic N) is 3. The fourth-order valence-corrected chi connectivity index (χ4v) is 3.28. The van der Waals surface area contributed by atoms with Crippen molar-refractivity contribution in [2.45, 2.75) is 37.6 Å². The van der Waals surface area contributed by atoms with Crippen LogP contribution < -0.4 is 5.32 Å². The first-order chi connectivity index (χ1) is 11.7. The van der Waals surface area contributed by atoms with E-state index in [4.69, 9.17) is 4.74 Å². The molecule has 2 aliphatic rings. The number of hydrogen-bond acceptors (Lipinski definition) is 4. The fraction of sp³-hybridized carbons (Fsp3) is 0.706. The molecule has 0 atom stereocenters. The summed E-state index contributed by atoms with van der Waals surface area (Å²) in [6.45, 7) is 2.32. The molecule has 2 fully saturated rings. The van der Waals surface area contributed by atoms with Crippen molar-refractivity contribution in [2.24, 2.45) is 5.92 Å². The average molecular weight is 334 g/mol. The van der Waals surface area contributed by atoms with Crippen LogP contribution in [0, 0.1) is 5.92 Å². The maximum Gasteiger partial charge on any atom is 0.248 e. The number of rotatable bonds is 7. The summed E-state index contributed by atoms with van der Waals surface area (Å²) in [6.07, 6.45) is 7.52. The van der Waals surface area contributed by atoms with Crippen molar-refractivity contribution < 1.29 is 14.3 Å². The third kappa shape index (κ3) is 3.61. The molecule has 24 heavy (non-hydrogen) atoms. The predicted molar refractivity (Wildman–Crippen MR) is 88.2 cm³/mol. The quantitative estimate of drug-likeness (QED) is 0.799. The molecule has 0 bridgehead atoms. The van der Waals surface area contributed by atoms with Gasteiger partial charge in [-0.25, -0.2) is 0 Å². The van der Waals surface area contributed by atoms with E-state index in [9.17, 15) is 9.59 Å². The van der Waals surface area contributed by atoms with Crippen LogP contribution in [0.15, 0.2) is 18.5 Å². The molecule has 0 radical (unpaired) electrons. The van der Waals surface area contributed by atoms with E-state index >= 15 is 0 Å². The molecular weight excluding hydrogens is 308 g/mol. The number of methoxy groups -OCH3 is 1. The Kier molecular flexibility index (Phi) is 5.18. The summed E-state index contributed by atoms with van der Waals surface area (Å²) in [5.41, 5.74) is -0.684. The second kappa shape index (κ2) is 7.34. The molecule has 2 heterocycles. The zero-order valence-electron chi connectivity index (χ0n) is 14.2. The number of carbonyl (C=O) groups is 2. The molecule has 2 amide bonds. The van der Waals surface area contributed by atoms with E-state index in [1.807, 2.05) is 17.2 Å². The van der Waals surface area contributed by atoms with Crippen LogP contribution in [0.5, 0.6) is 0 Å². The van der Waals surface area contributed by atoms with E-state index < -0.39 is 5.54 Å². The van der Waals surface area contributed by atoms with Gasteiger partial charge in [0.1, 0.15) is 5.54 Å². The molecule has 7 heteroatoms. The Morgan fingerprint density at radius 3 is 2.67 bits per heavy atom. The van der Waals surface area contributed by atoms with Crippen molar-refractivity contribution in [2.75, 3.05) is 33.4 Å². The maximum absolute atomic E-state index is 12.9. The van der Waals surface area contributed by atoms with Crippen molar-refractivity contribution in [3.63, 3.8) is 0 Å². The average Bonchev–Trinajstić information content (AvgIpc) is 3.28. The van der Waals surface area contributed by atoms with Crippen molar-refractivity contribution in [1.82, 2.24) is 20.0 Å². The minimum absolute atomic E-state index is 0.0297. The Morgan fingerprint density at radius 2 is 2.08 bits per heavy atom. The highest BCUT2D eigenvalue weighted by molar-refractivity contribution is 5.85. The van der Waals surface area contributed by atoms with Crippen LogP contribution in [0.2, 0.25) is 0 Å². The van der Waals surface area contributed by atoms with Crippen LogP contribution in [-0.4, -0.2) is 59.8 Å². The van der Waals surface area contributed by atoms with Gasteiger partial charge in [-0.05, 0) is 37.7 Å². The number of hydrogen-bond donors (Lipinski definition) is 1. The lowest BCUT2D eigenvalue weighted by Gasteiger charge is -2.40. The summed E-state index contributed by atoms with van der Waals surface area (Å²) in [6, 6.07) is 1.84. The van der Waals surface area contributed by atoms with Gasteiger partial charge in [0, 0.05) is 39.1 Å². The lowest BCUT2D eigenvalue weighted by Crippen LogP contribution is -2.56. The van der Waals surface area contributed by atoms with Crippen LogP contribution in [0.25, 0.3) is 0 Å². The molecule has 1 aliphatic heterocycles. The van der Waals surface area contributed by atoms with Crippen LogP contribution in [0.4, 0.5) is 0 Å². The molecular formula is C17H26N4O3. The molecule has 7 nitrogen and oxygen atoms in total. The molecule has 1 N–H and O–H groups in total. The molecule has 0 aromatic carbocycles. The van der Waals surface area contributed by atoms with E-state index in [2.05, 4.69) is 10.4 Å². The van der Waals surface area contributed by atoms with Crippen LogP contribution in [-0.2, 0) is 19.9 Å². The zero-order chi connectivity index (χ0) is 17.0. The largest absolute Gasteiger partial charge is 0.384 e. The second-order valence-electron chi connectivity index (χ2n) is 6.76. The van der Waals surface area contributed by atoms with Gasteiger partial charge in [-0.3, -0.25) is 14.3 Å². The third-order valence-corrected chi connectivity index (χ3v) is 5.08. The van der Waals surface area contributed by atoms with Gasteiger partial charge in [0.15, 0.2) is 0 Å². The normalized spacial score (nSPS) is 20.0. The van der Waals surface area contributed by atoms with Gasteiger partial charge in [0.2, 0.25) is 11.8 Å². The first-order valence-corrected chi connectivity index (χ1v) is 8.71. The summed E-state index contributed by atoms with van der Waals surface area (Å²) >= 11 is 0. The first-order valence-electron chi connectivity index (χ1n) is 8.71. The van der Waals surface area contributed by atoms with Gasteiger partial charge in [0.05, 0.1) is 13.0 Å². The van der Waals surface area contributed by atoms with E-state index in [-0.39, 0.29) is 11.8 Å². The Balaban J connectivity index is 1.66. The second-order valence-corrected chi connectivity index (χ2v) is 6.76. The molecule has 1 saturated carbocycles. The third-order valence-electron chi connectivity index (χ3n) is 5.08. The number of amides is 2. The van der Waals surface area contributed by atoms with Crippen molar-refractivity contribution in [1.29, 1.82) is 0 Å². The van der Waals surface area contributed by atoms with E-state index in [1.165, 1.54) is 12.8 Å². The summed E-state index contributed by atoms with van der Waals surface area (Å²) in [5, 5.41) is 7.43. The minimum atomic E-state index is -0.684. The van der Waals surface area contributed by atoms with E-state index in [0.29, 0.717) is 44.9 Å². The fourth-order valence-electron chi connectivity index (χ4n) is 3.28. The van der Waals surface area contributed by atoms with Crippen molar-refractivity contribution in [3.8, 4) is 0 Å². The number of ether oxygens (including phenoxy) is 1. The maximum atomic E-state index is 12.9. The molecule has 1 aromatic heterocycles. The SMILES string of the molecule is COCCC(=O)N1CCC(C(=O)NCC2CC2)(n2cccn2)CC1. The smallest absolute Gasteiger partial charge is 0.248 e. The van der Waals surface area contributed by atoms with Gasteiger partial charge in [-0.15, -0.1) is 0 Å². The van der Waals surface area contributed by atoms with Crippen LogP contribution in [0.3, 0.4) is 0 Å². The number of carbonyl (C=O) groups excluding carboxylic acids is 2. The number of aromatic nitrogens is 2. The van der Waals surface area contributed by atoms with Gasteiger partial charge in [-0.1, -0.05) is 0 Å². The standard InChI is InChI=1S/C17H26N4O3/c1-24-12-5-15(22)20-10-6-17(7-11-20,21-9-2-8-19-21)16(23)18-13-14-3-4-14/h2,8-9,14H,3-7,10-13H2,1H3,(H,18,23). The van der Waals surface area contributed by atoms with E-state index in [0.717, 1.165) is 6.54 Å². The molecule has 1 aliphatic carbocycles. The minimum Gasteiger partial charge on any atom is -0.384 e. The summed E-state index contributed by atoms with van der Waals surface area (Å²) in [4.78, 5) is 26.9. The first kappa shape index (κ1) is 17.0. The Bertz CT molecular complexity index is 560. The van der Waals surface area contributed by atoms with Crippen molar-refractivity contribution in [3.05, 3.63) is 18.5 Å². The van der Waals surface area contributed by atoms with E-state index in [1.54, 1.807) is 18.0 Å². The van der Waals surface area contributed by atoms with Gasteiger partial charge in [-0.2, -0.15) is 5.10 Å². The van der Waals surface area contributed by atoms with Gasteiger partial charge in [0.25, 0.3) is 0 Å². The summed E-state index contributed by atoms with van der Waals surface area (Å²) in [5.74, 6) is 0.755. The number of piperidine rings is 1. The highest BCUT2D eigenvalue weighted by Crippen LogP contribution is 2.32. The van der Waals surface area contributed by atoms with Crippen molar-refractivity contribution >= 4 is 11.8 Å². The lowest BCUT2D eigenvalue weighted by atomic mass is 9.86. The highest BCUT2D eigenvalue weighted by atomic mass is 16.5. The van der Waals surface area contributed by atoms with Gasteiger partial charge < -0.3 is 15.0 Å². The topological polar surface area (TPSA) is 76.5 Å². The monoisotopic (exact) mass is 334 g/mol. The number of likely N-dealkylation sites (tertiary alicyclic amines) is 1. The number of nitrogens with one attached hydrogen (secondary N) is 1. The molecule has 3 rings (SSSR count). The Labute approximate surface area is 142 Å². The summed E-state index contributed by atoms with van der Waals surface area (Å²) < 4.78 is 6.75. The van der Waals surface area contributed by atoms with Crippen LogP contribution >= 0.6 is 0 Å². The molecule has 0 unspecified atom stereocenters. The summed E-state index contributed by atoms with van der Waals surface area (Å²) in [7, 11) is 1.59. The predicted octanol–water partition coefficient (Wildman–Crippen LogP) is 0.764. The zero-order valence-corrected chi connectivity index (χ0v) is 14.2. The van der Waals surface area contributed by atoms with Crippen LogP contribution in [0.1, 0.15) is 32.1 Å². The molecule has 0 spiro atoms. The lowest BCUT2D eigenvalue weighted by molar-refractivity contribution is -0.140. The van der Waals surface area contributed by atoms with Gasteiger partial charge >= 0.3 is 0 Å². The molecule has 132 valence electrons. The Hall–Kier alpha value is -1.89. The molecule has 1 saturated heterocycles. The molecule has 1 aromatic rings. The highest BCUT2D eigenvalue weighted by Gasteiger charge is 2.44. The Morgan fingerprint density at radius 1 is 1.33 bits per heavy atom.